The fraction of sp³-hybridized carbons (Fsp3) is 0.167. The summed E-state index contributed by atoms with van der Waals surface area (Å²) in [7, 11) is 0. The van der Waals surface area contributed by atoms with Crippen LogP contribution >= 0.6 is 15.9 Å². The lowest BCUT2D eigenvalue weighted by molar-refractivity contribution is -0.139. The number of hydrogen-bond acceptors (Lipinski definition) is 2. The van der Waals surface area contributed by atoms with Crippen molar-refractivity contribution in [3.05, 3.63) is 47.0 Å². The number of halogens is 1. The predicted octanol–water partition coefficient (Wildman–Crippen LogP) is 2.02. The molecule has 0 aromatic heterocycles. The summed E-state index contributed by atoms with van der Waals surface area (Å²) in [5, 5.41) is 13.9. The maximum atomic E-state index is 11.5. The zero-order valence-electron chi connectivity index (χ0n) is 9.52. The number of urea groups is 1. The van der Waals surface area contributed by atoms with Crippen LogP contribution in [0.25, 0.3) is 0 Å². The first kappa shape index (κ1) is 14.2. The number of aliphatic carboxylic acids is 1. The lowest BCUT2D eigenvalue weighted by Gasteiger charge is -2.15. The summed E-state index contributed by atoms with van der Waals surface area (Å²) in [6.45, 7) is 3.79. The fourth-order valence-corrected chi connectivity index (χ4v) is 1.43. The Kier molecular flexibility index (Phi) is 5.38. The number of rotatable bonds is 5. The van der Waals surface area contributed by atoms with E-state index in [1.807, 2.05) is 0 Å². The summed E-state index contributed by atoms with van der Waals surface area (Å²) in [6, 6.07) is 6.85. The van der Waals surface area contributed by atoms with Gasteiger partial charge in [0.05, 0.1) is 6.54 Å². The normalized spacial score (nSPS) is 11.4. The van der Waals surface area contributed by atoms with E-state index in [1.54, 1.807) is 30.3 Å². The average molecular weight is 313 g/mol. The van der Waals surface area contributed by atoms with Crippen LogP contribution in [0.5, 0.6) is 0 Å². The van der Waals surface area contributed by atoms with Gasteiger partial charge in [0.25, 0.3) is 0 Å². The van der Waals surface area contributed by atoms with Crippen molar-refractivity contribution in [3.8, 4) is 0 Å². The summed E-state index contributed by atoms with van der Waals surface area (Å²) in [4.78, 5) is 22.6. The summed E-state index contributed by atoms with van der Waals surface area (Å²) in [5.74, 6) is -1.12. The lowest BCUT2D eigenvalue weighted by Crippen LogP contribution is -2.41. The molecule has 0 bridgehead atoms. The highest BCUT2D eigenvalue weighted by Gasteiger charge is 2.21. The van der Waals surface area contributed by atoms with Crippen LogP contribution in [0.2, 0.25) is 0 Å². The second-order valence-corrected chi connectivity index (χ2v) is 4.65. The molecule has 1 atom stereocenters. The van der Waals surface area contributed by atoms with E-state index in [1.165, 1.54) is 0 Å². The van der Waals surface area contributed by atoms with Crippen LogP contribution in [0.4, 0.5) is 4.79 Å². The maximum absolute atomic E-state index is 11.5. The van der Waals surface area contributed by atoms with Crippen LogP contribution < -0.4 is 10.6 Å². The summed E-state index contributed by atoms with van der Waals surface area (Å²) < 4.78 is 0.601. The smallest absolute Gasteiger partial charge is 0.330 e. The number of carbonyl (C=O) groups excluding carboxylic acids is 1. The molecule has 0 heterocycles. The predicted molar refractivity (Wildman–Crippen MR) is 71.4 cm³/mol. The van der Waals surface area contributed by atoms with Crippen LogP contribution in [-0.4, -0.2) is 23.7 Å². The van der Waals surface area contributed by atoms with Gasteiger partial charge in [-0.15, -0.1) is 0 Å². The van der Waals surface area contributed by atoms with Gasteiger partial charge in [-0.2, -0.15) is 0 Å². The highest BCUT2D eigenvalue weighted by molar-refractivity contribution is 9.11. The Balaban J connectivity index is 2.67. The molecule has 2 amide bonds. The molecule has 3 N–H and O–H groups in total. The van der Waals surface area contributed by atoms with Crippen LogP contribution in [-0.2, 0) is 4.79 Å². The minimum Gasteiger partial charge on any atom is -0.479 e. The van der Waals surface area contributed by atoms with Crippen LogP contribution in [0.1, 0.15) is 11.6 Å². The van der Waals surface area contributed by atoms with Gasteiger partial charge in [-0.1, -0.05) is 52.8 Å². The molecule has 6 heteroatoms. The number of nitrogens with one attached hydrogen (secondary N) is 2. The number of carbonyl (C=O) groups is 2. The molecule has 1 aromatic carbocycles. The van der Waals surface area contributed by atoms with Gasteiger partial charge in [0.15, 0.2) is 6.04 Å². The molecule has 1 aromatic rings. The van der Waals surface area contributed by atoms with Crippen molar-refractivity contribution >= 4 is 27.9 Å². The minimum atomic E-state index is -1.12. The third kappa shape index (κ3) is 4.58. The molecule has 0 saturated carbocycles. The van der Waals surface area contributed by atoms with Crippen molar-refractivity contribution in [1.82, 2.24) is 10.6 Å². The SMILES string of the molecule is C=C(Br)CNC(=O)N[C@@H](C(=O)O)c1ccccc1. The Morgan fingerprint density at radius 1 is 1.33 bits per heavy atom. The quantitative estimate of drug-likeness (QED) is 0.778. The number of amides is 2. The second-order valence-electron chi connectivity index (χ2n) is 3.53. The van der Waals surface area contributed by atoms with Gasteiger partial charge in [-0.25, -0.2) is 9.59 Å². The Hall–Kier alpha value is -1.82. The van der Waals surface area contributed by atoms with Gasteiger partial charge in [0.1, 0.15) is 0 Å². The van der Waals surface area contributed by atoms with E-state index in [2.05, 4.69) is 33.1 Å². The first-order chi connectivity index (χ1) is 8.50. The highest BCUT2D eigenvalue weighted by atomic mass is 79.9. The van der Waals surface area contributed by atoms with E-state index in [-0.39, 0.29) is 6.54 Å². The van der Waals surface area contributed by atoms with Crippen molar-refractivity contribution < 1.29 is 14.7 Å². The van der Waals surface area contributed by atoms with Crippen LogP contribution in [0.3, 0.4) is 0 Å². The van der Waals surface area contributed by atoms with Crippen molar-refractivity contribution in [2.45, 2.75) is 6.04 Å². The zero-order chi connectivity index (χ0) is 13.5. The number of carboxylic acids is 1. The Labute approximate surface area is 113 Å². The molecule has 0 radical (unpaired) electrons. The zero-order valence-corrected chi connectivity index (χ0v) is 11.1. The van der Waals surface area contributed by atoms with Gasteiger partial charge in [-0.05, 0) is 5.56 Å². The third-order valence-electron chi connectivity index (χ3n) is 2.10. The largest absolute Gasteiger partial charge is 0.479 e. The summed E-state index contributed by atoms with van der Waals surface area (Å²) in [6.07, 6.45) is 0. The molecule has 18 heavy (non-hydrogen) atoms. The van der Waals surface area contributed by atoms with Gasteiger partial charge >= 0.3 is 12.0 Å². The van der Waals surface area contributed by atoms with Gasteiger partial charge in [0, 0.05) is 4.48 Å². The average Bonchev–Trinajstić information content (AvgIpc) is 2.34. The minimum absolute atomic E-state index is 0.229. The molecule has 0 saturated heterocycles. The summed E-state index contributed by atoms with van der Waals surface area (Å²) in [5.41, 5.74) is 0.512. The highest BCUT2D eigenvalue weighted by Crippen LogP contribution is 2.12. The molecular formula is C12H13BrN2O3. The van der Waals surface area contributed by atoms with Crippen molar-refractivity contribution in [1.29, 1.82) is 0 Å². The van der Waals surface area contributed by atoms with E-state index < -0.39 is 18.0 Å². The van der Waals surface area contributed by atoms with Crippen LogP contribution in [0.15, 0.2) is 41.4 Å². The maximum Gasteiger partial charge on any atom is 0.330 e. The lowest BCUT2D eigenvalue weighted by atomic mass is 10.1. The molecule has 0 aliphatic heterocycles. The van der Waals surface area contributed by atoms with Gasteiger partial charge < -0.3 is 15.7 Å². The van der Waals surface area contributed by atoms with E-state index in [9.17, 15) is 9.59 Å². The Morgan fingerprint density at radius 3 is 2.44 bits per heavy atom. The van der Waals surface area contributed by atoms with E-state index >= 15 is 0 Å². The molecule has 0 unspecified atom stereocenters. The molecule has 0 aliphatic rings. The standard InChI is InChI=1S/C12H13BrN2O3/c1-8(13)7-14-12(18)15-10(11(16)17)9-5-3-2-4-6-9/h2-6,10H,1,7H2,(H,16,17)(H2,14,15,18)/t10-/m1/s1. The van der Waals surface area contributed by atoms with Gasteiger partial charge in [-0.3, -0.25) is 0 Å². The fourth-order valence-electron chi connectivity index (χ4n) is 1.29. The molecule has 0 aliphatic carbocycles. The van der Waals surface area contributed by atoms with Crippen LogP contribution in [0, 0.1) is 0 Å². The first-order valence-electron chi connectivity index (χ1n) is 5.16. The van der Waals surface area contributed by atoms with Gasteiger partial charge in [0.2, 0.25) is 0 Å². The van der Waals surface area contributed by atoms with Crippen molar-refractivity contribution in [2.24, 2.45) is 0 Å². The monoisotopic (exact) mass is 312 g/mol. The molecule has 1 rings (SSSR count). The summed E-state index contributed by atoms with van der Waals surface area (Å²) >= 11 is 3.09. The molecular weight excluding hydrogens is 300 g/mol. The molecule has 0 fully saturated rings. The third-order valence-corrected chi connectivity index (χ3v) is 2.38. The number of carboxylic acid groups (broad SMARTS) is 1. The van der Waals surface area contributed by atoms with Crippen molar-refractivity contribution in [2.75, 3.05) is 6.54 Å². The van der Waals surface area contributed by atoms with Crippen molar-refractivity contribution in [3.63, 3.8) is 0 Å². The van der Waals surface area contributed by atoms with E-state index in [0.717, 1.165) is 0 Å². The molecule has 5 nitrogen and oxygen atoms in total. The van der Waals surface area contributed by atoms with E-state index in [0.29, 0.717) is 10.0 Å². The topological polar surface area (TPSA) is 78.4 Å². The molecule has 0 spiro atoms. The number of benzene rings is 1. The Morgan fingerprint density at radius 2 is 1.94 bits per heavy atom. The molecule has 96 valence electrons. The number of hydrogen-bond donors (Lipinski definition) is 3. The Bertz CT molecular complexity index is 448. The van der Waals surface area contributed by atoms with E-state index in [4.69, 9.17) is 5.11 Å². The second kappa shape index (κ2) is 6.80. The first-order valence-corrected chi connectivity index (χ1v) is 5.95.